The number of carbonyl (C=O) groups is 1. The summed E-state index contributed by atoms with van der Waals surface area (Å²) in [5.74, 6) is 3.06. The van der Waals surface area contributed by atoms with Gasteiger partial charge in [0.1, 0.15) is 28.9 Å². The van der Waals surface area contributed by atoms with Crippen LogP contribution in [0.4, 0.5) is 10.6 Å². The highest BCUT2D eigenvalue weighted by atomic mass is 16.7. The maximum atomic E-state index is 13.0. The highest BCUT2D eigenvalue weighted by molar-refractivity contribution is 5.89. The van der Waals surface area contributed by atoms with Gasteiger partial charge in [0.2, 0.25) is 6.29 Å². The van der Waals surface area contributed by atoms with Crippen molar-refractivity contribution in [2.45, 2.75) is 44.1 Å². The van der Waals surface area contributed by atoms with Crippen LogP contribution in [0.15, 0.2) is 42.1 Å². The molecule has 0 N–H and O–H groups in total. The monoisotopic (exact) mass is 479 g/mol. The largest absolute Gasteiger partial charge is 0.420 e. The molecule has 9 nitrogen and oxygen atoms in total. The average Bonchev–Trinajstić information content (AvgIpc) is 3.63. The zero-order valence-corrected chi connectivity index (χ0v) is 20.0. The molecule has 1 aromatic heterocycles. The second-order valence-electron chi connectivity index (χ2n) is 9.13. The smallest absolute Gasteiger partial charge is 0.410 e. The number of hydrogen-bond acceptors (Lipinski definition) is 8. The number of ether oxygens (including phenoxy) is 4. The fraction of sp³-hybridized carbons (Fsp3) is 0.462. The van der Waals surface area contributed by atoms with Crippen LogP contribution in [0, 0.1) is 0 Å². The topological polar surface area (TPSA) is 90.4 Å². The maximum absolute atomic E-state index is 13.0. The number of benzene rings is 1. The molecule has 1 spiro atoms. The van der Waals surface area contributed by atoms with Crippen LogP contribution in [-0.2, 0) is 32.0 Å². The lowest BCUT2D eigenvalue weighted by molar-refractivity contribution is -0.109. The Morgan fingerprint density at radius 2 is 2.00 bits per heavy atom. The van der Waals surface area contributed by atoms with Gasteiger partial charge in [0.05, 0.1) is 12.2 Å². The number of carbonyl (C=O) groups excluding carboxylic acids is 2. The van der Waals surface area contributed by atoms with E-state index >= 15 is 0 Å². The van der Waals surface area contributed by atoms with Crippen LogP contribution < -0.4 is 9.64 Å². The number of hydrogen-bond donors (Lipinski definition) is 0. The van der Waals surface area contributed by atoms with Crippen molar-refractivity contribution in [1.29, 1.82) is 0 Å². The van der Waals surface area contributed by atoms with E-state index < -0.39 is 12.4 Å². The molecule has 0 bridgehead atoms. The molecule has 5 rings (SSSR count). The molecule has 2 aliphatic heterocycles. The van der Waals surface area contributed by atoms with Gasteiger partial charge in [0.25, 0.3) is 0 Å². The summed E-state index contributed by atoms with van der Waals surface area (Å²) in [6, 6.07) is 11.0. The quantitative estimate of drug-likeness (QED) is 0.460. The van der Waals surface area contributed by atoms with Gasteiger partial charge in [-0.2, -0.15) is 0 Å². The predicted octanol–water partition coefficient (Wildman–Crippen LogP) is 3.40. The van der Waals surface area contributed by atoms with E-state index in [4.69, 9.17) is 23.9 Å². The number of pyridine rings is 1. The van der Waals surface area contributed by atoms with Crippen molar-refractivity contribution >= 4 is 17.9 Å². The normalized spacial score (nSPS) is 18.4. The number of methoxy groups -OCH3 is 2. The molecule has 2 fully saturated rings. The molecule has 1 saturated heterocycles. The Kier molecular flexibility index (Phi) is 6.58. The molecule has 1 saturated carbocycles. The minimum absolute atomic E-state index is 0.165. The van der Waals surface area contributed by atoms with E-state index in [2.05, 4.69) is 0 Å². The fourth-order valence-corrected chi connectivity index (χ4v) is 4.72. The van der Waals surface area contributed by atoms with Crippen molar-refractivity contribution in [3.8, 4) is 5.75 Å². The number of anilines is 1. The summed E-state index contributed by atoms with van der Waals surface area (Å²) in [6.07, 6.45) is 2.33. The van der Waals surface area contributed by atoms with Crippen molar-refractivity contribution in [3.05, 3.63) is 58.9 Å². The number of nitrogens with zero attached hydrogens (tertiary/aromatic N) is 3. The number of morpholine rings is 1. The van der Waals surface area contributed by atoms with Gasteiger partial charge >= 0.3 is 6.09 Å². The summed E-state index contributed by atoms with van der Waals surface area (Å²) >= 11 is 0. The molecular formula is C26H29N3O6. The molecule has 0 radical (unpaired) electrons. The highest BCUT2D eigenvalue weighted by Crippen LogP contribution is 2.44. The maximum Gasteiger partial charge on any atom is 0.420 e. The van der Waals surface area contributed by atoms with Crippen LogP contribution in [0.3, 0.4) is 0 Å². The molecule has 9 heteroatoms. The van der Waals surface area contributed by atoms with E-state index in [1.54, 1.807) is 31.3 Å². The van der Waals surface area contributed by atoms with Crippen molar-refractivity contribution in [1.82, 2.24) is 9.88 Å². The van der Waals surface area contributed by atoms with Crippen molar-refractivity contribution in [2.24, 2.45) is 0 Å². The van der Waals surface area contributed by atoms with Crippen molar-refractivity contribution < 1.29 is 28.5 Å². The molecule has 0 atom stereocenters. The fourth-order valence-electron chi connectivity index (χ4n) is 4.72. The van der Waals surface area contributed by atoms with Crippen LogP contribution in [0.5, 0.6) is 5.75 Å². The summed E-state index contributed by atoms with van der Waals surface area (Å²) in [7, 11) is 3.09. The summed E-state index contributed by atoms with van der Waals surface area (Å²) < 4.78 is 22.6. The van der Waals surface area contributed by atoms with E-state index in [1.807, 2.05) is 35.1 Å². The van der Waals surface area contributed by atoms with Gasteiger partial charge in [0.15, 0.2) is 0 Å². The Bertz CT molecular complexity index is 1140. The number of aryl methyl sites for hydroxylation is 1. The third kappa shape index (κ3) is 4.81. The molecule has 1 amide bonds. The van der Waals surface area contributed by atoms with E-state index in [0.717, 1.165) is 36.8 Å². The Labute approximate surface area is 204 Å². The summed E-state index contributed by atoms with van der Waals surface area (Å²) in [6.45, 7) is 1.84. The van der Waals surface area contributed by atoms with Gasteiger partial charge in [-0.25, -0.2) is 14.6 Å². The SMILES string of the molecule is COC(OC)c1nc2c(cc1CN1CC3(CC3)OCC1=C=O)CCCN2C(=O)Oc1ccccc1. The number of aromatic nitrogens is 1. The molecule has 184 valence electrons. The number of fused-ring (bicyclic) bond motifs is 1. The van der Waals surface area contributed by atoms with Gasteiger partial charge in [-0.3, -0.25) is 4.90 Å². The molecule has 2 aromatic rings. The summed E-state index contributed by atoms with van der Waals surface area (Å²) in [5, 5.41) is 0. The molecule has 1 aromatic carbocycles. The van der Waals surface area contributed by atoms with Crippen LogP contribution >= 0.6 is 0 Å². The Hall–Kier alpha value is -3.23. The zero-order valence-electron chi connectivity index (χ0n) is 20.0. The van der Waals surface area contributed by atoms with Gasteiger partial charge in [-0.05, 0) is 55.0 Å². The van der Waals surface area contributed by atoms with Gasteiger partial charge in [-0.1, -0.05) is 18.2 Å². The van der Waals surface area contributed by atoms with E-state index in [9.17, 15) is 9.59 Å². The van der Waals surface area contributed by atoms with Gasteiger partial charge < -0.3 is 23.8 Å². The van der Waals surface area contributed by atoms with Gasteiger partial charge in [-0.15, -0.1) is 0 Å². The lowest BCUT2D eigenvalue weighted by Crippen LogP contribution is -2.42. The number of para-hydroxylation sites is 1. The standard InChI is InChI=1S/C26H29N3O6/c1-32-24(33-2)22-19(14-28-17-26(10-11-26)34-16-20(28)15-30)13-18-7-6-12-29(23(18)27-22)25(31)35-21-8-4-3-5-9-21/h3-5,8-9,13,24H,6-7,10-12,14,16-17H2,1-2H3. The Morgan fingerprint density at radius 3 is 2.69 bits per heavy atom. The highest BCUT2D eigenvalue weighted by Gasteiger charge is 2.49. The van der Waals surface area contributed by atoms with E-state index in [0.29, 0.717) is 42.6 Å². The van der Waals surface area contributed by atoms with Crippen LogP contribution in [0.1, 0.15) is 42.4 Å². The van der Waals surface area contributed by atoms with E-state index in [1.165, 1.54) is 0 Å². The third-order valence-electron chi connectivity index (χ3n) is 6.76. The second kappa shape index (κ2) is 9.79. The minimum atomic E-state index is -0.733. The molecule has 35 heavy (non-hydrogen) atoms. The lowest BCUT2D eigenvalue weighted by atomic mass is 10.0. The van der Waals surface area contributed by atoms with Crippen molar-refractivity contribution in [2.75, 3.05) is 38.8 Å². The number of rotatable bonds is 6. The number of amides is 1. The van der Waals surface area contributed by atoms with Crippen LogP contribution in [0.2, 0.25) is 0 Å². The molecule has 0 unspecified atom stereocenters. The van der Waals surface area contributed by atoms with Gasteiger partial charge in [0, 0.05) is 33.9 Å². The first-order valence-corrected chi connectivity index (χ1v) is 11.8. The Morgan fingerprint density at radius 1 is 1.23 bits per heavy atom. The first-order valence-electron chi connectivity index (χ1n) is 11.8. The third-order valence-corrected chi connectivity index (χ3v) is 6.76. The average molecular weight is 480 g/mol. The first kappa shape index (κ1) is 23.5. The molecule has 3 heterocycles. The van der Waals surface area contributed by atoms with Crippen LogP contribution in [-0.4, -0.2) is 61.4 Å². The molecular weight excluding hydrogens is 450 g/mol. The van der Waals surface area contributed by atoms with Crippen molar-refractivity contribution in [3.63, 3.8) is 0 Å². The lowest BCUT2D eigenvalue weighted by Gasteiger charge is -2.36. The van der Waals surface area contributed by atoms with E-state index in [-0.39, 0.29) is 12.2 Å². The minimum Gasteiger partial charge on any atom is -0.410 e. The second-order valence-corrected chi connectivity index (χ2v) is 9.13. The van der Waals surface area contributed by atoms with Crippen LogP contribution in [0.25, 0.3) is 0 Å². The summed E-state index contributed by atoms with van der Waals surface area (Å²) in [4.78, 5) is 33.1. The Balaban J connectivity index is 1.48. The predicted molar refractivity (Wildman–Crippen MR) is 127 cm³/mol. The first-order chi connectivity index (χ1) is 17.1. The molecule has 1 aliphatic carbocycles. The zero-order chi connectivity index (χ0) is 24.4. The summed E-state index contributed by atoms with van der Waals surface area (Å²) in [5.41, 5.74) is 2.71. The molecule has 3 aliphatic rings.